The van der Waals surface area contributed by atoms with E-state index in [1.54, 1.807) is 16.9 Å². The van der Waals surface area contributed by atoms with Crippen molar-refractivity contribution in [3.63, 3.8) is 0 Å². The lowest BCUT2D eigenvalue weighted by Gasteiger charge is -2.30. The molecule has 0 radical (unpaired) electrons. The lowest BCUT2D eigenvalue weighted by Crippen LogP contribution is -2.48. The average molecular weight is 253 g/mol. The monoisotopic (exact) mass is 253 g/mol. The molecular formula is C11H15N3O4. The summed E-state index contributed by atoms with van der Waals surface area (Å²) >= 11 is 0. The molecule has 0 bridgehead atoms. The van der Waals surface area contributed by atoms with E-state index in [4.69, 9.17) is 9.84 Å². The Labute approximate surface area is 104 Å². The summed E-state index contributed by atoms with van der Waals surface area (Å²) in [6.45, 7) is 3.30. The van der Waals surface area contributed by atoms with Crippen molar-refractivity contribution in [3.05, 3.63) is 18.0 Å². The molecule has 2 rings (SSSR count). The number of carbonyl (C=O) groups is 2. The molecule has 18 heavy (non-hydrogen) atoms. The Hall–Kier alpha value is -1.89. The number of ether oxygens (including phenoxy) is 1. The number of carboxylic acids is 1. The number of amides is 1. The molecule has 0 aliphatic carbocycles. The number of carboxylic acid groups (broad SMARTS) is 1. The van der Waals surface area contributed by atoms with Crippen LogP contribution in [-0.4, -0.2) is 57.5 Å². The number of rotatable bonds is 3. The van der Waals surface area contributed by atoms with Crippen molar-refractivity contribution in [1.29, 1.82) is 0 Å². The van der Waals surface area contributed by atoms with Gasteiger partial charge < -0.3 is 14.7 Å². The summed E-state index contributed by atoms with van der Waals surface area (Å²) < 4.78 is 6.72. The number of morpholine rings is 1. The fourth-order valence-electron chi connectivity index (χ4n) is 1.80. The van der Waals surface area contributed by atoms with Crippen LogP contribution in [0, 0.1) is 0 Å². The third-order valence-corrected chi connectivity index (χ3v) is 2.81. The predicted octanol–water partition coefficient (Wildman–Crippen LogP) is -0.171. The third-order valence-electron chi connectivity index (χ3n) is 2.81. The van der Waals surface area contributed by atoms with Crippen LogP contribution in [0.2, 0.25) is 0 Å². The van der Waals surface area contributed by atoms with Crippen molar-refractivity contribution in [2.24, 2.45) is 0 Å². The normalized spacial score (nSPS) is 19.8. The van der Waals surface area contributed by atoms with Gasteiger partial charge in [0.05, 0.1) is 13.2 Å². The third kappa shape index (κ3) is 2.51. The minimum Gasteiger partial charge on any atom is -0.479 e. The molecule has 1 saturated heterocycles. The first kappa shape index (κ1) is 12.6. The molecule has 1 fully saturated rings. The highest BCUT2D eigenvalue weighted by atomic mass is 16.5. The highest BCUT2D eigenvalue weighted by Crippen LogP contribution is 2.09. The maximum atomic E-state index is 12.1. The fourth-order valence-corrected chi connectivity index (χ4v) is 1.80. The Bertz CT molecular complexity index is 457. The van der Waals surface area contributed by atoms with Crippen LogP contribution in [-0.2, 0) is 16.1 Å². The second kappa shape index (κ2) is 5.18. The molecule has 98 valence electrons. The zero-order valence-corrected chi connectivity index (χ0v) is 10.1. The van der Waals surface area contributed by atoms with Gasteiger partial charge in [0.1, 0.15) is 5.69 Å². The van der Waals surface area contributed by atoms with Crippen molar-refractivity contribution in [3.8, 4) is 0 Å². The molecule has 1 amide bonds. The Balaban J connectivity index is 2.06. The van der Waals surface area contributed by atoms with Crippen molar-refractivity contribution in [1.82, 2.24) is 14.7 Å². The maximum absolute atomic E-state index is 12.1. The number of aromatic nitrogens is 2. The van der Waals surface area contributed by atoms with Gasteiger partial charge in [0, 0.05) is 19.3 Å². The first-order valence-corrected chi connectivity index (χ1v) is 5.79. The lowest BCUT2D eigenvalue weighted by molar-refractivity contribution is -0.154. The van der Waals surface area contributed by atoms with Crippen LogP contribution in [0.4, 0.5) is 0 Å². The SMILES string of the molecule is CCn1ccc(C(=O)N2CCOC(C(=O)O)C2)n1. The van der Waals surface area contributed by atoms with E-state index >= 15 is 0 Å². The van der Waals surface area contributed by atoms with E-state index in [-0.39, 0.29) is 19.1 Å². The molecule has 1 unspecified atom stereocenters. The van der Waals surface area contributed by atoms with Gasteiger partial charge in [-0.1, -0.05) is 0 Å². The van der Waals surface area contributed by atoms with Gasteiger partial charge in [-0.2, -0.15) is 5.10 Å². The second-order valence-corrected chi connectivity index (χ2v) is 4.01. The van der Waals surface area contributed by atoms with Gasteiger partial charge in [0.2, 0.25) is 0 Å². The number of nitrogens with zero attached hydrogens (tertiary/aromatic N) is 3. The van der Waals surface area contributed by atoms with Crippen LogP contribution in [0.25, 0.3) is 0 Å². The molecule has 1 atom stereocenters. The molecule has 1 aliphatic heterocycles. The Morgan fingerprint density at radius 3 is 3.00 bits per heavy atom. The molecule has 0 spiro atoms. The Morgan fingerprint density at radius 2 is 2.39 bits per heavy atom. The maximum Gasteiger partial charge on any atom is 0.334 e. The van der Waals surface area contributed by atoms with Crippen molar-refractivity contribution in [2.75, 3.05) is 19.7 Å². The number of aliphatic carboxylic acids is 1. The van der Waals surface area contributed by atoms with Crippen molar-refractivity contribution >= 4 is 11.9 Å². The molecule has 1 aliphatic rings. The van der Waals surface area contributed by atoms with Crippen molar-refractivity contribution in [2.45, 2.75) is 19.6 Å². The van der Waals surface area contributed by atoms with Gasteiger partial charge in [-0.3, -0.25) is 9.48 Å². The zero-order chi connectivity index (χ0) is 13.1. The summed E-state index contributed by atoms with van der Waals surface area (Å²) in [5, 5.41) is 13.0. The number of aryl methyl sites for hydroxylation is 1. The van der Waals surface area contributed by atoms with E-state index in [2.05, 4.69) is 5.10 Å². The average Bonchev–Trinajstić information content (AvgIpc) is 2.86. The predicted molar refractivity (Wildman–Crippen MR) is 61.2 cm³/mol. The summed E-state index contributed by atoms with van der Waals surface area (Å²) in [6, 6.07) is 1.64. The van der Waals surface area contributed by atoms with Crippen LogP contribution in [0.1, 0.15) is 17.4 Å². The molecular weight excluding hydrogens is 238 g/mol. The summed E-state index contributed by atoms with van der Waals surface area (Å²) in [4.78, 5) is 24.4. The molecule has 1 aromatic heterocycles. The molecule has 1 N–H and O–H groups in total. The largest absolute Gasteiger partial charge is 0.479 e. The molecule has 1 aromatic rings. The zero-order valence-electron chi connectivity index (χ0n) is 10.1. The van der Waals surface area contributed by atoms with Crippen LogP contribution in [0.15, 0.2) is 12.3 Å². The number of hydrogen-bond acceptors (Lipinski definition) is 4. The van der Waals surface area contributed by atoms with Crippen molar-refractivity contribution < 1.29 is 19.4 Å². The number of carbonyl (C=O) groups excluding carboxylic acids is 1. The molecule has 0 saturated carbocycles. The topological polar surface area (TPSA) is 84.7 Å². The summed E-state index contributed by atoms with van der Waals surface area (Å²) in [5.74, 6) is -1.30. The van der Waals surface area contributed by atoms with Gasteiger partial charge in [-0.15, -0.1) is 0 Å². The van der Waals surface area contributed by atoms with Crippen LogP contribution < -0.4 is 0 Å². The lowest BCUT2D eigenvalue weighted by atomic mass is 10.2. The van der Waals surface area contributed by atoms with Gasteiger partial charge in [-0.05, 0) is 13.0 Å². The molecule has 7 nitrogen and oxygen atoms in total. The van der Waals surface area contributed by atoms with Gasteiger partial charge >= 0.3 is 5.97 Å². The van der Waals surface area contributed by atoms with E-state index < -0.39 is 12.1 Å². The van der Waals surface area contributed by atoms with Crippen LogP contribution in [0.3, 0.4) is 0 Å². The van der Waals surface area contributed by atoms with E-state index in [9.17, 15) is 9.59 Å². The van der Waals surface area contributed by atoms with Crippen LogP contribution >= 0.6 is 0 Å². The molecule has 0 aromatic carbocycles. The minimum atomic E-state index is -1.05. The number of hydrogen-bond donors (Lipinski definition) is 1. The van der Waals surface area contributed by atoms with E-state index in [1.165, 1.54) is 4.90 Å². The highest BCUT2D eigenvalue weighted by molar-refractivity contribution is 5.92. The first-order valence-electron chi connectivity index (χ1n) is 5.79. The smallest absolute Gasteiger partial charge is 0.334 e. The quantitative estimate of drug-likeness (QED) is 0.808. The second-order valence-electron chi connectivity index (χ2n) is 4.01. The standard InChI is InChI=1S/C11H15N3O4/c1-2-14-4-3-8(12-14)10(15)13-5-6-18-9(7-13)11(16)17/h3-4,9H,2,5-7H2,1H3,(H,16,17). The highest BCUT2D eigenvalue weighted by Gasteiger charge is 2.30. The molecule has 7 heteroatoms. The Morgan fingerprint density at radius 1 is 1.61 bits per heavy atom. The molecule has 2 heterocycles. The van der Waals surface area contributed by atoms with E-state index in [0.29, 0.717) is 18.8 Å². The van der Waals surface area contributed by atoms with Gasteiger partial charge in [0.15, 0.2) is 6.10 Å². The van der Waals surface area contributed by atoms with Crippen LogP contribution in [0.5, 0.6) is 0 Å². The first-order chi connectivity index (χ1) is 8.61. The minimum absolute atomic E-state index is 0.0627. The van der Waals surface area contributed by atoms with E-state index in [1.807, 2.05) is 6.92 Å². The Kier molecular flexibility index (Phi) is 3.61. The summed E-state index contributed by atoms with van der Waals surface area (Å²) in [6.07, 6.45) is 0.776. The van der Waals surface area contributed by atoms with Gasteiger partial charge in [0.25, 0.3) is 5.91 Å². The van der Waals surface area contributed by atoms with E-state index in [0.717, 1.165) is 0 Å². The fraction of sp³-hybridized carbons (Fsp3) is 0.545. The summed E-state index contributed by atoms with van der Waals surface area (Å²) in [5.41, 5.74) is 0.336. The van der Waals surface area contributed by atoms with Gasteiger partial charge in [-0.25, -0.2) is 4.79 Å². The summed E-state index contributed by atoms with van der Waals surface area (Å²) in [7, 11) is 0.